The summed E-state index contributed by atoms with van der Waals surface area (Å²) in [5.74, 6) is 0.687. The van der Waals surface area contributed by atoms with E-state index in [0.717, 1.165) is 21.2 Å². The number of nitriles is 1. The van der Waals surface area contributed by atoms with E-state index in [-0.39, 0.29) is 5.57 Å². The molecular weight excluding hydrogens is 504 g/mol. The van der Waals surface area contributed by atoms with Gasteiger partial charge in [0.2, 0.25) is 0 Å². The number of halogens is 1. The fraction of sp³-hybridized carbons (Fsp3) is 0.172. The summed E-state index contributed by atoms with van der Waals surface area (Å²) in [6.07, 6.45) is 3.87. The van der Waals surface area contributed by atoms with Crippen molar-refractivity contribution >= 4 is 33.6 Å². The Hall–Kier alpha value is -3.82. The molecule has 3 aromatic rings. The number of nitrogens with zero attached hydrogens (tertiary/aromatic N) is 1. The minimum absolute atomic E-state index is 0.0228. The lowest BCUT2D eigenvalue weighted by molar-refractivity contribution is -0.112. The van der Waals surface area contributed by atoms with Gasteiger partial charge >= 0.3 is 0 Å². The summed E-state index contributed by atoms with van der Waals surface area (Å²) in [7, 11) is 0. The molecule has 6 heteroatoms. The molecule has 0 bridgehead atoms. The van der Waals surface area contributed by atoms with Crippen LogP contribution >= 0.6 is 15.9 Å². The molecule has 0 aliphatic carbocycles. The first-order chi connectivity index (χ1) is 16.9. The van der Waals surface area contributed by atoms with Gasteiger partial charge in [-0.15, -0.1) is 6.58 Å². The highest BCUT2D eigenvalue weighted by Gasteiger charge is 2.15. The summed E-state index contributed by atoms with van der Waals surface area (Å²) >= 11 is 3.38. The first kappa shape index (κ1) is 25.8. The molecule has 5 nitrogen and oxygen atoms in total. The number of amides is 1. The van der Waals surface area contributed by atoms with E-state index in [1.54, 1.807) is 36.4 Å². The number of nitrogens with one attached hydrogen (secondary N) is 1. The predicted molar refractivity (Wildman–Crippen MR) is 143 cm³/mol. The maximum absolute atomic E-state index is 12.7. The summed E-state index contributed by atoms with van der Waals surface area (Å²) in [5, 5.41) is 12.4. The number of rotatable bonds is 10. The van der Waals surface area contributed by atoms with Gasteiger partial charge in [0, 0.05) is 15.7 Å². The molecule has 0 fully saturated rings. The molecule has 0 atom stereocenters. The van der Waals surface area contributed by atoms with E-state index in [0.29, 0.717) is 42.4 Å². The van der Waals surface area contributed by atoms with E-state index in [4.69, 9.17) is 9.47 Å². The molecule has 1 amide bonds. The number of carbonyl (C=O) groups is 1. The molecule has 0 heterocycles. The van der Waals surface area contributed by atoms with Gasteiger partial charge in [0.25, 0.3) is 5.91 Å². The summed E-state index contributed by atoms with van der Waals surface area (Å²) in [6.45, 7) is 8.62. The first-order valence-corrected chi connectivity index (χ1v) is 12.0. The topological polar surface area (TPSA) is 71.4 Å². The normalized spacial score (nSPS) is 10.9. The van der Waals surface area contributed by atoms with Gasteiger partial charge in [-0.05, 0) is 67.8 Å². The summed E-state index contributed by atoms with van der Waals surface area (Å²) < 4.78 is 12.9. The predicted octanol–water partition coefficient (Wildman–Crippen LogP) is 7.01. The highest BCUT2D eigenvalue weighted by atomic mass is 79.9. The highest BCUT2D eigenvalue weighted by Crippen LogP contribution is 2.35. The van der Waals surface area contributed by atoms with Gasteiger partial charge in [-0.2, -0.15) is 5.26 Å². The van der Waals surface area contributed by atoms with Crippen LogP contribution < -0.4 is 14.8 Å². The van der Waals surface area contributed by atoms with Gasteiger partial charge in [0.05, 0.1) is 6.61 Å². The first-order valence-electron chi connectivity index (χ1n) is 11.2. The Morgan fingerprint density at radius 3 is 2.63 bits per heavy atom. The van der Waals surface area contributed by atoms with Crippen LogP contribution in [0.1, 0.15) is 29.2 Å². The Balaban J connectivity index is 1.93. The largest absolute Gasteiger partial charge is 0.490 e. The Bertz CT molecular complexity index is 1290. The number of hydrogen-bond donors (Lipinski definition) is 1. The summed E-state index contributed by atoms with van der Waals surface area (Å²) in [4.78, 5) is 12.7. The van der Waals surface area contributed by atoms with Crippen molar-refractivity contribution in [3.05, 3.63) is 106 Å². The van der Waals surface area contributed by atoms with Crippen molar-refractivity contribution < 1.29 is 14.3 Å². The third kappa shape index (κ3) is 7.33. The average molecular weight is 531 g/mol. The third-order valence-electron chi connectivity index (χ3n) is 5.04. The van der Waals surface area contributed by atoms with Gasteiger partial charge in [-0.25, -0.2) is 0 Å². The number of carbonyl (C=O) groups excluding carboxylic acids is 1. The van der Waals surface area contributed by atoms with Crippen molar-refractivity contribution in [1.82, 2.24) is 0 Å². The number of anilines is 1. The summed E-state index contributed by atoms with van der Waals surface area (Å²) in [6, 6.07) is 21.0. The van der Waals surface area contributed by atoms with Crippen molar-refractivity contribution in [3.8, 4) is 17.6 Å². The van der Waals surface area contributed by atoms with E-state index < -0.39 is 5.91 Å². The molecule has 0 spiro atoms. The second-order valence-electron chi connectivity index (χ2n) is 7.85. The van der Waals surface area contributed by atoms with E-state index >= 15 is 0 Å². The lowest BCUT2D eigenvalue weighted by Crippen LogP contribution is -2.13. The van der Waals surface area contributed by atoms with E-state index in [1.165, 1.54) is 0 Å². The van der Waals surface area contributed by atoms with E-state index in [9.17, 15) is 10.1 Å². The van der Waals surface area contributed by atoms with Crippen molar-refractivity contribution in [2.24, 2.45) is 0 Å². The molecule has 0 radical (unpaired) electrons. The highest BCUT2D eigenvalue weighted by molar-refractivity contribution is 9.10. The third-order valence-corrected chi connectivity index (χ3v) is 5.54. The zero-order chi connectivity index (χ0) is 25.2. The SMILES string of the molecule is C=CCc1cc(/C=C(/C#N)C(=O)Nc2cccc(Br)c2)cc(OCC)c1OCc1cccc(C)c1. The second kappa shape index (κ2) is 12.6. The van der Waals surface area contributed by atoms with Gasteiger partial charge in [0.1, 0.15) is 18.2 Å². The van der Waals surface area contributed by atoms with Crippen molar-refractivity contribution in [2.45, 2.75) is 26.9 Å². The fourth-order valence-electron chi connectivity index (χ4n) is 3.54. The molecule has 3 rings (SSSR count). The zero-order valence-corrected chi connectivity index (χ0v) is 21.4. The van der Waals surface area contributed by atoms with Crippen molar-refractivity contribution in [1.29, 1.82) is 5.26 Å². The maximum atomic E-state index is 12.7. The number of benzene rings is 3. The van der Waals surface area contributed by atoms with Crippen molar-refractivity contribution in [3.63, 3.8) is 0 Å². The second-order valence-corrected chi connectivity index (χ2v) is 8.76. The molecule has 0 aliphatic heterocycles. The molecule has 178 valence electrons. The molecule has 0 saturated heterocycles. The van der Waals surface area contributed by atoms with E-state index in [1.807, 2.05) is 50.2 Å². The summed E-state index contributed by atoms with van der Waals surface area (Å²) in [5.41, 5.74) is 4.30. The number of allylic oxidation sites excluding steroid dienone is 1. The fourth-order valence-corrected chi connectivity index (χ4v) is 3.94. The Kier molecular flexibility index (Phi) is 9.28. The quantitative estimate of drug-likeness (QED) is 0.174. The van der Waals surface area contributed by atoms with E-state index in [2.05, 4.69) is 33.9 Å². The van der Waals surface area contributed by atoms with Gasteiger partial charge in [-0.3, -0.25) is 4.79 Å². The van der Waals surface area contributed by atoms with Crippen LogP contribution in [0.4, 0.5) is 5.69 Å². The standard InChI is InChI=1S/C29H27BrN2O3/c1-4-8-23-14-22(15-24(18-31)29(33)32-26-12-7-11-25(30)17-26)16-27(34-5-2)28(23)35-19-21-10-6-9-20(3)13-21/h4,6-7,9-17H,1,5,8,19H2,2-3H3,(H,32,33)/b24-15-. The Labute approximate surface area is 214 Å². The molecule has 0 aliphatic rings. The molecule has 3 aromatic carbocycles. The molecule has 0 aromatic heterocycles. The number of hydrogen-bond acceptors (Lipinski definition) is 4. The zero-order valence-electron chi connectivity index (χ0n) is 19.8. The average Bonchev–Trinajstić information content (AvgIpc) is 2.82. The molecular formula is C29H27BrN2O3. The Morgan fingerprint density at radius 1 is 1.14 bits per heavy atom. The van der Waals surface area contributed by atoms with Crippen LogP contribution in [-0.2, 0) is 17.8 Å². The lowest BCUT2D eigenvalue weighted by atomic mass is 10.0. The monoisotopic (exact) mass is 530 g/mol. The Morgan fingerprint density at radius 2 is 1.94 bits per heavy atom. The minimum Gasteiger partial charge on any atom is -0.490 e. The molecule has 0 unspecified atom stereocenters. The number of ether oxygens (including phenoxy) is 2. The van der Waals surface area contributed by atoms with Crippen LogP contribution in [-0.4, -0.2) is 12.5 Å². The van der Waals surface area contributed by atoms with Crippen molar-refractivity contribution in [2.75, 3.05) is 11.9 Å². The van der Waals surface area contributed by atoms with Gasteiger partial charge in [0.15, 0.2) is 11.5 Å². The molecule has 35 heavy (non-hydrogen) atoms. The van der Waals surface area contributed by atoms with Gasteiger partial charge < -0.3 is 14.8 Å². The van der Waals surface area contributed by atoms with Crippen LogP contribution in [0.5, 0.6) is 11.5 Å². The number of aryl methyl sites for hydroxylation is 1. The van der Waals surface area contributed by atoms with Crippen LogP contribution in [0.2, 0.25) is 0 Å². The molecule has 0 saturated carbocycles. The lowest BCUT2D eigenvalue weighted by Gasteiger charge is -2.17. The molecule has 1 N–H and O–H groups in total. The van der Waals surface area contributed by atoms with Crippen LogP contribution in [0.15, 0.2) is 83.4 Å². The van der Waals surface area contributed by atoms with Crippen LogP contribution in [0, 0.1) is 18.3 Å². The van der Waals surface area contributed by atoms with Crippen LogP contribution in [0.3, 0.4) is 0 Å². The maximum Gasteiger partial charge on any atom is 0.266 e. The minimum atomic E-state index is -0.492. The smallest absolute Gasteiger partial charge is 0.266 e. The van der Waals surface area contributed by atoms with Gasteiger partial charge in [-0.1, -0.05) is 57.9 Å². The van der Waals surface area contributed by atoms with Crippen LogP contribution in [0.25, 0.3) is 6.08 Å².